The number of amides is 1. The Balaban J connectivity index is 2.06. The predicted octanol–water partition coefficient (Wildman–Crippen LogP) is 3.89. The van der Waals surface area contributed by atoms with Gasteiger partial charge in [-0.1, -0.05) is 51.3 Å². The first kappa shape index (κ1) is 19.1. The molecule has 0 saturated carbocycles. The van der Waals surface area contributed by atoms with E-state index in [9.17, 15) is 13.2 Å². The van der Waals surface area contributed by atoms with Crippen molar-refractivity contribution >= 4 is 66.3 Å². The van der Waals surface area contributed by atoms with Crippen LogP contribution in [0.3, 0.4) is 0 Å². The normalized spacial score (nSPS) is 11.3. The number of nitrogen functional groups attached to an aromatic ring is 1. The summed E-state index contributed by atoms with van der Waals surface area (Å²) < 4.78 is 25.1. The fourth-order valence-electron chi connectivity index (χ4n) is 1.98. The highest BCUT2D eigenvalue weighted by atomic mass is 79.9. The van der Waals surface area contributed by atoms with Crippen molar-refractivity contribution in [2.75, 3.05) is 16.8 Å². The number of rotatable bonds is 5. The molecule has 0 aliphatic rings. The lowest BCUT2D eigenvalue weighted by Crippen LogP contribution is -2.24. The van der Waals surface area contributed by atoms with E-state index in [-0.39, 0.29) is 27.2 Å². The number of anilines is 2. The molecule has 0 spiro atoms. The maximum Gasteiger partial charge on any atom is 0.239 e. The molecule has 0 atom stereocenters. The van der Waals surface area contributed by atoms with Gasteiger partial charge in [0.2, 0.25) is 5.91 Å². The van der Waals surface area contributed by atoms with Gasteiger partial charge in [-0.2, -0.15) is 0 Å². The zero-order valence-electron chi connectivity index (χ0n) is 12.2. The van der Waals surface area contributed by atoms with Crippen LogP contribution in [0.5, 0.6) is 0 Å². The van der Waals surface area contributed by atoms with Gasteiger partial charge in [-0.05, 0) is 29.8 Å². The number of sulfone groups is 1. The minimum Gasteiger partial charge on any atom is -0.396 e. The lowest BCUT2D eigenvalue weighted by atomic mass is 10.2. The average Bonchev–Trinajstić information content (AvgIpc) is 2.43. The van der Waals surface area contributed by atoms with Crippen LogP contribution in [-0.2, 0) is 20.4 Å². The summed E-state index contributed by atoms with van der Waals surface area (Å²) >= 11 is 15.0. The van der Waals surface area contributed by atoms with Gasteiger partial charge < -0.3 is 11.1 Å². The van der Waals surface area contributed by atoms with E-state index in [0.29, 0.717) is 5.56 Å². The number of hydrogen-bond donors (Lipinski definition) is 2. The molecule has 0 radical (unpaired) electrons. The van der Waals surface area contributed by atoms with Crippen LogP contribution in [-0.4, -0.2) is 20.1 Å². The number of nitrogens with one attached hydrogen (secondary N) is 1. The van der Waals surface area contributed by atoms with Crippen molar-refractivity contribution in [1.82, 2.24) is 0 Å². The van der Waals surface area contributed by atoms with Gasteiger partial charge in [0, 0.05) is 10.2 Å². The SMILES string of the molecule is Nc1c(Cl)cc(NC(=O)CS(=O)(=O)Cc2cccc(Br)c2)cc1Cl. The fraction of sp³-hybridized carbons (Fsp3) is 0.133. The third-order valence-corrected chi connectivity index (χ3v) is 5.58. The van der Waals surface area contributed by atoms with Crippen LogP contribution < -0.4 is 11.1 Å². The van der Waals surface area contributed by atoms with Crippen LogP contribution in [0.25, 0.3) is 0 Å². The Morgan fingerprint density at radius 2 is 1.79 bits per heavy atom. The molecule has 2 aromatic rings. The summed E-state index contributed by atoms with van der Waals surface area (Å²) in [5.41, 5.74) is 6.67. The number of nitrogens with two attached hydrogens (primary N) is 1. The molecule has 0 aromatic heterocycles. The topological polar surface area (TPSA) is 89.3 Å². The lowest BCUT2D eigenvalue weighted by Gasteiger charge is -2.09. The smallest absolute Gasteiger partial charge is 0.239 e. The maximum absolute atomic E-state index is 12.2. The van der Waals surface area contributed by atoms with Gasteiger partial charge in [0.15, 0.2) is 9.84 Å². The highest BCUT2D eigenvalue weighted by Crippen LogP contribution is 2.31. The molecule has 0 aliphatic heterocycles. The number of carbonyl (C=O) groups excluding carboxylic acids is 1. The molecule has 128 valence electrons. The van der Waals surface area contributed by atoms with Crippen LogP contribution in [0.15, 0.2) is 40.9 Å². The predicted molar refractivity (Wildman–Crippen MR) is 101 cm³/mol. The van der Waals surface area contributed by atoms with Crippen LogP contribution in [0.1, 0.15) is 5.56 Å². The monoisotopic (exact) mass is 450 g/mol. The second-order valence-corrected chi connectivity index (χ2v) is 8.86. The molecule has 2 aromatic carbocycles. The molecule has 0 aliphatic carbocycles. The van der Waals surface area contributed by atoms with Crippen molar-refractivity contribution < 1.29 is 13.2 Å². The van der Waals surface area contributed by atoms with Gasteiger partial charge >= 0.3 is 0 Å². The van der Waals surface area contributed by atoms with Crippen LogP contribution in [0.2, 0.25) is 10.0 Å². The lowest BCUT2D eigenvalue weighted by molar-refractivity contribution is -0.113. The van der Waals surface area contributed by atoms with E-state index >= 15 is 0 Å². The molecule has 5 nitrogen and oxygen atoms in total. The molecule has 2 rings (SSSR count). The Hall–Kier alpha value is -1.28. The molecule has 0 saturated heterocycles. The van der Waals surface area contributed by atoms with E-state index in [1.165, 1.54) is 12.1 Å². The van der Waals surface area contributed by atoms with E-state index in [0.717, 1.165) is 4.47 Å². The summed E-state index contributed by atoms with van der Waals surface area (Å²) in [6, 6.07) is 9.70. The number of hydrogen-bond acceptors (Lipinski definition) is 4. The first-order chi connectivity index (χ1) is 11.2. The fourth-order valence-corrected chi connectivity index (χ4v) is 4.18. The van der Waals surface area contributed by atoms with Crippen molar-refractivity contribution in [1.29, 1.82) is 0 Å². The molecule has 0 unspecified atom stereocenters. The molecule has 0 heterocycles. The van der Waals surface area contributed by atoms with Crippen LogP contribution in [0, 0.1) is 0 Å². The van der Waals surface area contributed by atoms with E-state index in [2.05, 4.69) is 21.2 Å². The maximum atomic E-state index is 12.2. The van der Waals surface area contributed by atoms with E-state index in [4.69, 9.17) is 28.9 Å². The Morgan fingerprint density at radius 3 is 2.38 bits per heavy atom. The minimum atomic E-state index is -3.62. The van der Waals surface area contributed by atoms with Crippen molar-refractivity contribution in [3.63, 3.8) is 0 Å². The van der Waals surface area contributed by atoms with E-state index in [1.54, 1.807) is 24.3 Å². The zero-order chi connectivity index (χ0) is 17.9. The molecular formula is C15H13BrCl2N2O3S. The largest absolute Gasteiger partial charge is 0.396 e. The average molecular weight is 452 g/mol. The summed E-state index contributed by atoms with van der Waals surface area (Å²) in [7, 11) is -3.62. The second-order valence-electron chi connectivity index (χ2n) is 5.06. The molecule has 24 heavy (non-hydrogen) atoms. The molecule has 0 bridgehead atoms. The van der Waals surface area contributed by atoms with Crippen molar-refractivity contribution in [2.45, 2.75) is 5.75 Å². The number of carbonyl (C=O) groups is 1. The Morgan fingerprint density at radius 1 is 1.17 bits per heavy atom. The molecular weight excluding hydrogens is 439 g/mol. The minimum absolute atomic E-state index is 0.176. The van der Waals surface area contributed by atoms with Gasteiger partial charge in [0.25, 0.3) is 0 Å². The van der Waals surface area contributed by atoms with Gasteiger partial charge in [-0.3, -0.25) is 4.79 Å². The number of benzene rings is 2. The summed E-state index contributed by atoms with van der Waals surface area (Å²) in [4.78, 5) is 12.0. The van der Waals surface area contributed by atoms with Gasteiger partial charge in [0.05, 0.1) is 21.5 Å². The van der Waals surface area contributed by atoms with Gasteiger partial charge in [-0.15, -0.1) is 0 Å². The molecule has 3 N–H and O–H groups in total. The first-order valence-electron chi connectivity index (χ1n) is 6.65. The third-order valence-electron chi connectivity index (χ3n) is 2.99. The Labute approximate surface area is 158 Å². The summed E-state index contributed by atoms with van der Waals surface area (Å²) in [5.74, 6) is -1.57. The Kier molecular flexibility index (Phi) is 6.14. The van der Waals surface area contributed by atoms with Crippen LogP contribution >= 0.6 is 39.1 Å². The molecule has 1 amide bonds. The summed E-state index contributed by atoms with van der Waals surface area (Å²) in [6.45, 7) is 0. The molecule has 9 heteroatoms. The molecule has 0 fully saturated rings. The van der Waals surface area contributed by atoms with Crippen LogP contribution in [0.4, 0.5) is 11.4 Å². The van der Waals surface area contributed by atoms with E-state index in [1.807, 2.05) is 0 Å². The Bertz CT molecular complexity index is 865. The van der Waals surface area contributed by atoms with Crippen molar-refractivity contribution in [2.24, 2.45) is 0 Å². The van der Waals surface area contributed by atoms with E-state index < -0.39 is 21.5 Å². The zero-order valence-corrected chi connectivity index (χ0v) is 16.1. The standard InChI is InChI=1S/C15H13BrCl2N2O3S/c16-10-3-1-2-9(4-10)7-24(22,23)8-14(21)20-11-5-12(17)15(19)13(18)6-11/h1-6H,7-8,19H2,(H,20,21). The number of halogens is 3. The highest BCUT2D eigenvalue weighted by Gasteiger charge is 2.18. The third kappa shape index (κ3) is 5.37. The van der Waals surface area contributed by atoms with Crippen molar-refractivity contribution in [3.05, 3.63) is 56.5 Å². The summed E-state index contributed by atoms with van der Waals surface area (Å²) in [5, 5.41) is 2.80. The van der Waals surface area contributed by atoms with Gasteiger partial charge in [0.1, 0.15) is 5.75 Å². The quantitative estimate of drug-likeness (QED) is 0.674. The second kappa shape index (κ2) is 7.74. The highest BCUT2D eigenvalue weighted by molar-refractivity contribution is 9.10. The first-order valence-corrected chi connectivity index (χ1v) is 10.0. The summed E-state index contributed by atoms with van der Waals surface area (Å²) in [6.07, 6.45) is 0. The van der Waals surface area contributed by atoms with Gasteiger partial charge in [-0.25, -0.2) is 8.42 Å². The van der Waals surface area contributed by atoms with Crippen molar-refractivity contribution in [3.8, 4) is 0 Å².